The Morgan fingerprint density at radius 2 is 2.12 bits per heavy atom. The summed E-state index contributed by atoms with van der Waals surface area (Å²) in [6, 6.07) is 12.9. The van der Waals surface area contributed by atoms with Crippen LogP contribution in [0.5, 0.6) is 5.75 Å². The van der Waals surface area contributed by atoms with E-state index in [1.807, 2.05) is 12.1 Å². The van der Waals surface area contributed by atoms with Gasteiger partial charge in [0.05, 0.1) is 6.07 Å². The first-order valence-corrected chi connectivity index (χ1v) is 7.29. The molecule has 126 valence electrons. The summed E-state index contributed by atoms with van der Waals surface area (Å²) in [6.07, 6.45) is 3.38. The zero-order valence-electron chi connectivity index (χ0n) is 12.9. The van der Waals surface area contributed by atoms with Gasteiger partial charge in [0.15, 0.2) is 5.76 Å². The minimum absolute atomic E-state index is 0.145. The predicted octanol–water partition coefficient (Wildman–Crippen LogP) is 3.41. The Balaban J connectivity index is 1.64. The molecule has 1 aromatic carbocycles. The molecule has 0 bridgehead atoms. The van der Waals surface area contributed by atoms with Crippen molar-refractivity contribution >= 4 is 17.5 Å². The highest BCUT2D eigenvalue weighted by molar-refractivity contribution is 6.02. The summed E-state index contributed by atoms with van der Waals surface area (Å²) >= 11 is 0. The smallest absolute Gasteiger partial charge is 0.433 e. The summed E-state index contributed by atoms with van der Waals surface area (Å²) in [5.41, 5.74) is 1.40. The van der Waals surface area contributed by atoms with E-state index in [4.69, 9.17) is 9.15 Å². The second-order valence-corrected chi connectivity index (χ2v) is 5.03. The van der Waals surface area contributed by atoms with Crippen molar-refractivity contribution in [3.05, 3.63) is 82.4 Å². The van der Waals surface area contributed by atoms with Gasteiger partial charge in [0.25, 0.3) is 5.91 Å². The molecular weight excluding hydrogens is 326 g/mol. The van der Waals surface area contributed by atoms with Crippen molar-refractivity contribution in [1.82, 2.24) is 4.98 Å². The molecule has 1 amide bonds. The topological polar surface area (TPSA) is 108 Å². The Hall–Kier alpha value is -3.68. The first-order valence-electron chi connectivity index (χ1n) is 7.29. The number of furan rings is 1. The van der Waals surface area contributed by atoms with Gasteiger partial charge in [0, 0.05) is 29.7 Å². The maximum Gasteiger partial charge on any atom is 0.433 e. The highest BCUT2D eigenvalue weighted by atomic mass is 16.6. The lowest BCUT2D eigenvalue weighted by Crippen LogP contribution is -2.10. The van der Waals surface area contributed by atoms with Gasteiger partial charge in [-0.1, -0.05) is 12.1 Å². The molecule has 1 N–H and O–H groups in total. The SMILES string of the molecule is O=C(Nc1cccc(OCc2cccnc2)c1)c1ccc([N+](=O)[O-])o1. The molecule has 0 saturated carbocycles. The summed E-state index contributed by atoms with van der Waals surface area (Å²) in [6.45, 7) is 0.343. The molecule has 0 aliphatic heterocycles. The number of anilines is 1. The number of nitrogens with one attached hydrogen (secondary N) is 1. The summed E-state index contributed by atoms with van der Waals surface area (Å²) < 4.78 is 10.5. The maximum absolute atomic E-state index is 12.1. The van der Waals surface area contributed by atoms with Crippen LogP contribution < -0.4 is 10.1 Å². The quantitative estimate of drug-likeness (QED) is 0.544. The van der Waals surface area contributed by atoms with Crippen LogP contribution in [0.1, 0.15) is 16.1 Å². The number of benzene rings is 1. The molecule has 25 heavy (non-hydrogen) atoms. The molecule has 2 heterocycles. The van der Waals surface area contributed by atoms with Crippen molar-refractivity contribution in [2.75, 3.05) is 5.32 Å². The number of carbonyl (C=O) groups excluding carboxylic acids is 1. The fourth-order valence-electron chi connectivity index (χ4n) is 2.05. The van der Waals surface area contributed by atoms with Crippen molar-refractivity contribution in [3.63, 3.8) is 0 Å². The number of nitrogens with zero attached hydrogens (tertiary/aromatic N) is 2. The molecule has 8 nitrogen and oxygen atoms in total. The third-order valence-corrected chi connectivity index (χ3v) is 3.22. The molecule has 3 rings (SSSR count). The van der Waals surface area contributed by atoms with Crippen LogP contribution in [0.2, 0.25) is 0 Å². The maximum atomic E-state index is 12.1. The number of ether oxygens (including phenoxy) is 1. The van der Waals surface area contributed by atoms with E-state index in [0.29, 0.717) is 18.0 Å². The molecule has 3 aromatic rings. The predicted molar refractivity (Wildman–Crippen MR) is 88.3 cm³/mol. The third kappa shape index (κ3) is 4.20. The minimum Gasteiger partial charge on any atom is -0.489 e. The highest BCUT2D eigenvalue weighted by Crippen LogP contribution is 2.21. The van der Waals surface area contributed by atoms with Gasteiger partial charge in [0.1, 0.15) is 17.3 Å². The zero-order chi connectivity index (χ0) is 17.6. The lowest BCUT2D eigenvalue weighted by Gasteiger charge is -2.08. The molecule has 0 radical (unpaired) electrons. The van der Waals surface area contributed by atoms with E-state index < -0.39 is 16.7 Å². The van der Waals surface area contributed by atoms with Crippen LogP contribution in [0.4, 0.5) is 11.6 Å². The van der Waals surface area contributed by atoms with Crippen molar-refractivity contribution in [1.29, 1.82) is 0 Å². The van der Waals surface area contributed by atoms with Crippen LogP contribution in [-0.4, -0.2) is 15.8 Å². The number of nitro groups is 1. The average Bonchev–Trinajstić information content (AvgIpc) is 3.12. The van der Waals surface area contributed by atoms with Gasteiger partial charge in [-0.25, -0.2) is 0 Å². The van der Waals surface area contributed by atoms with E-state index >= 15 is 0 Å². The van der Waals surface area contributed by atoms with E-state index in [0.717, 1.165) is 11.6 Å². The number of aromatic nitrogens is 1. The number of carbonyl (C=O) groups is 1. The summed E-state index contributed by atoms with van der Waals surface area (Å²) in [4.78, 5) is 26.0. The third-order valence-electron chi connectivity index (χ3n) is 3.22. The lowest BCUT2D eigenvalue weighted by molar-refractivity contribution is -0.402. The van der Waals surface area contributed by atoms with Crippen LogP contribution in [0, 0.1) is 10.1 Å². The number of rotatable bonds is 6. The highest BCUT2D eigenvalue weighted by Gasteiger charge is 2.17. The van der Waals surface area contributed by atoms with Crippen LogP contribution in [0.25, 0.3) is 0 Å². The summed E-state index contributed by atoms with van der Waals surface area (Å²) in [5, 5.41) is 13.2. The second-order valence-electron chi connectivity index (χ2n) is 5.03. The second kappa shape index (κ2) is 7.26. The van der Waals surface area contributed by atoms with Gasteiger partial charge in [0.2, 0.25) is 0 Å². The minimum atomic E-state index is -0.705. The molecule has 0 fully saturated rings. The molecule has 0 spiro atoms. The molecule has 2 aromatic heterocycles. The molecule has 8 heteroatoms. The van der Waals surface area contributed by atoms with E-state index in [-0.39, 0.29) is 5.76 Å². The fourth-order valence-corrected chi connectivity index (χ4v) is 2.05. The average molecular weight is 339 g/mol. The summed E-state index contributed by atoms with van der Waals surface area (Å²) in [7, 11) is 0. The number of amides is 1. The van der Waals surface area contributed by atoms with Gasteiger partial charge in [-0.3, -0.25) is 19.9 Å². The van der Waals surface area contributed by atoms with Crippen molar-refractivity contribution in [2.45, 2.75) is 6.61 Å². The largest absolute Gasteiger partial charge is 0.489 e. The molecular formula is C17H13N3O5. The molecule has 0 saturated heterocycles. The molecule has 0 unspecified atom stereocenters. The van der Waals surface area contributed by atoms with Gasteiger partial charge >= 0.3 is 5.88 Å². The van der Waals surface area contributed by atoms with E-state index in [1.165, 1.54) is 6.07 Å². The molecule has 0 aliphatic carbocycles. The Morgan fingerprint density at radius 1 is 1.24 bits per heavy atom. The van der Waals surface area contributed by atoms with Crippen molar-refractivity contribution < 1.29 is 18.9 Å². The zero-order valence-corrected chi connectivity index (χ0v) is 12.9. The Labute approximate surface area is 142 Å². The Bertz CT molecular complexity index is 892. The summed E-state index contributed by atoms with van der Waals surface area (Å²) in [5.74, 6) is -0.656. The van der Waals surface area contributed by atoms with E-state index in [2.05, 4.69) is 10.3 Å². The van der Waals surface area contributed by atoms with Crippen LogP contribution >= 0.6 is 0 Å². The molecule has 0 atom stereocenters. The van der Waals surface area contributed by atoms with Crippen molar-refractivity contribution in [2.24, 2.45) is 0 Å². The first-order chi connectivity index (χ1) is 12.1. The van der Waals surface area contributed by atoms with Gasteiger partial charge < -0.3 is 14.5 Å². The number of hydrogen-bond acceptors (Lipinski definition) is 6. The van der Waals surface area contributed by atoms with Crippen LogP contribution in [0.15, 0.2) is 65.3 Å². The van der Waals surface area contributed by atoms with E-state index in [9.17, 15) is 14.9 Å². The first kappa shape index (κ1) is 16.2. The normalized spacial score (nSPS) is 10.2. The lowest BCUT2D eigenvalue weighted by atomic mass is 10.3. The van der Waals surface area contributed by atoms with Gasteiger partial charge in [-0.2, -0.15) is 0 Å². The van der Waals surface area contributed by atoms with Crippen LogP contribution in [-0.2, 0) is 6.61 Å². The molecule has 0 aliphatic rings. The van der Waals surface area contributed by atoms with Crippen molar-refractivity contribution in [3.8, 4) is 5.75 Å². The number of hydrogen-bond donors (Lipinski definition) is 1. The van der Waals surface area contributed by atoms with Gasteiger partial charge in [-0.05, 0) is 24.3 Å². The Kier molecular flexibility index (Phi) is 4.70. The number of pyridine rings is 1. The standard InChI is InChI=1S/C17H13N3O5/c21-17(15-6-7-16(25-15)20(22)23)19-13-4-1-5-14(9-13)24-11-12-3-2-8-18-10-12/h1-10H,11H2,(H,19,21). The van der Waals surface area contributed by atoms with E-state index in [1.54, 1.807) is 36.7 Å². The van der Waals surface area contributed by atoms with Crippen LogP contribution in [0.3, 0.4) is 0 Å². The Morgan fingerprint density at radius 3 is 2.84 bits per heavy atom. The fraction of sp³-hybridized carbons (Fsp3) is 0.0588. The monoisotopic (exact) mass is 339 g/mol. The van der Waals surface area contributed by atoms with Gasteiger partial charge in [-0.15, -0.1) is 0 Å².